The van der Waals surface area contributed by atoms with Crippen LogP contribution in [0, 0.1) is 27.7 Å². The van der Waals surface area contributed by atoms with E-state index in [9.17, 15) is 19.5 Å². The van der Waals surface area contributed by atoms with E-state index in [1.807, 2.05) is 59.7 Å². The van der Waals surface area contributed by atoms with Crippen LogP contribution in [-0.4, -0.2) is 49.0 Å². The van der Waals surface area contributed by atoms with E-state index in [1.165, 1.54) is 12.4 Å². The Hall–Kier alpha value is -5.38. The molecule has 10 nitrogen and oxygen atoms in total. The lowest BCUT2D eigenvalue weighted by molar-refractivity contribution is 0.00564. The Morgan fingerprint density at radius 2 is 1.29 bits per heavy atom. The van der Waals surface area contributed by atoms with Crippen LogP contribution in [0.25, 0.3) is 22.7 Å². The van der Waals surface area contributed by atoms with Gasteiger partial charge >= 0.3 is 11.9 Å². The Morgan fingerprint density at radius 3 is 1.86 bits per heavy atom. The van der Waals surface area contributed by atoms with Crippen LogP contribution in [0.3, 0.4) is 0 Å². The molecule has 3 aromatic heterocycles. The van der Waals surface area contributed by atoms with Gasteiger partial charge < -0.3 is 19.0 Å². The van der Waals surface area contributed by atoms with Crippen molar-refractivity contribution in [3.8, 4) is 17.3 Å². The van der Waals surface area contributed by atoms with E-state index in [0.29, 0.717) is 39.4 Å². The molecule has 5 aromatic rings. The normalized spacial score (nSPS) is 11.5. The van der Waals surface area contributed by atoms with Gasteiger partial charge in [-0.05, 0) is 116 Å². The Morgan fingerprint density at radius 1 is 0.735 bits per heavy atom. The monoisotopic (exact) mass is 665 g/mol. The van der Waals surface area contributed by atoms with Crippen LogP contribution >= 0.6 is 0 Å². The van der Waals surface area contributed by atoms with Crippen molar-refractivity contribution in [2.24, 2.45) is 0 Å². The summed E-state index contributed by atoms with van der Waals surface area (Å²) in [6.45, 7) is 18.4. The lowest BCUT2D eigenvalue weighted by Gasteiger charge is -2.19. The van der Waals surface area contributed by atoms with Crippen molar-refractivity contribution in [3.63, 3.8) is 0 Å². The molecule has 0 aliphatic carbocycles. The van der Waals surface area contributed by atoms with Gasteiger partial charge in [0.1, 0.15) is 33.9 Å². The second-order valence-electron chi connectivity index (χ2n) is 14.0. The van der Waals surface area contributed by atoms with Gasteiger partial charge in [-0.25, -0.2) is 19.6 Å². The number of ketones is 1. The summed E-state index contributed by atoms with van der Waals surface area (Å²) in [6, 6.07) is 14.3. The first-order valence-corrected chi connectivity index (χ1v) is 15.9. The van der Waals surface area contributed by atoms with Crippen molar-refractivity contribution in [1.82, 2.24) is 15.0 Å². The molecule has 0 unspecified atom stereocenters. The van der Waals surface area contributed by atoms with Gasteiger partial charge in [0.2, 0.25) is 5.89 Å². The largest absolute Gasteiger partial charge is 0.508 e. The first-order chi connectivity index (χ1) is 22.8. The number of phenols is 1. The number of ether oxygens (including phenoxy) is 2. The zero-order valence-corrected chi connectivity index (χ0v) is 29.7. The van der Waals surface area contributed by atoms with Gasteiger partial charge in [0, 0.05) is 24.4 Å². The van der Waals surface area contributed by atoms with Gasteiger partial charge in [-0.15, -0.1) is 0 Å². The molecule has 0 aliphatic heterocycles. The molecular weight excluding hydrogens is 622 g/mol. The Balaban J connectivity index is 0.000000221. The fraction of sp³-hybridized carbons (Fsp3) is 0.333. The highest BCUT2D eigenvalue weighted by Crippen LogP contribution is 2.27. The lowest BCUT2D eigenvalue weighted by Crippen LogP contribution is -2.24. The number of fused-ring (bicyclic) bond motifs is 1. The van der Waals surface area contributed by atoms with E-state index < -0.39 is 23.1 Å². The number of aromatic hydroxyl groups is 1. The lowest BCUT2D eigenvalue weighted by atomic mass is 10.0. The van der Waals surface area contributed by atoms with Gasteiger partial charge in [-0.1, -0.05) is 23.8 Å². The zero-order chi connectivity index (χ0) is 36.3. The molecule has 1 N–H and O–H groups in total. The van der Waals surface area contributed by atoms with Gasteiger partial charge in [0.25, 0.3) is 0 Å². The van der Waals surface area contributed by atoms with Crippen molar-refractivity contribution < 1.29 is 33.4 Å². The van der Waals surface area contributed by atoms with E-state index in [1.54, 1.807) is 58.0 Å². The molecule has 0 saturated carbocycles. The second-order valence-corrected chi connectivity index (χ2v) is 14.0. The molecule has 256 valence electrons. The highest BCUT2D eigenvalue weighted by Gasteiger charge is 2.22. The van der Waals surface area contributed by atoms with E-state index in [-0.39, 0.29) is 23.6 Å². The number of pyridine rings is 2. The summed E-state index contributed by atoms with van der Waals surface area (Å²) >= 11 is 0. The fourth-order valence-corrected chi connectivity index (χ4v) is 4.81. The highest BCUT2D eigenvalue weighted by molar-refractivity contribution is 5.98. The smallest absolute Gasteiger partial charge is 0.340 e. The average Bonchev–Trinajstić information content (AvgIpc) is 3.40. The quantitative estimate of drug-likeness (QED) is 0.139. The number of phenolic OH excluding ortho intramolecular Hbond substituents is 1. The predicted octanol–water partition coefficient (Wildman–Crippen LogP) is 8.25. The van der Waals surface area contributed by atoms with Crippen LogP contribution in [0.15, 0.2) is 65.3 Å². The summed E-state index contributed by atoms with van der Waals surface area (Å²) in [5.74, 6) is -0.545. The van der Waals surface area contributed by atoms with Crippen LogP contribution in [0.4, 0.5) is 0 Å². The maximum absolute atomic E-state index is 12.5. The Labute approximate surface area is 286 Å². The molecule has 5 rings (SSSR count). The van der Waals surface area contributed by atoms with E-state index in [0.717, 1.165) is 22.2 Å². The minimum absolute atomic E-state index is 0.0487. The summed E-state index contributed by atoms with van der Waals surface area (Å²) in [4.78, 5) is 49.7. The number of hydrogen-bond donors (Lipinski definition) is 1. The first-order valence-electron chi connectivity index (χ1n) is 15.9. The number of carbonyl (C=O) groups excluding carboxylic acids is 3. The van der Waals surface area contributed by atoms with Gasteiger partial charge in [0.15, 0.2) is 11.4 Å². The van der Waals surface area contributed by atoms with Crippen molar-refractivity contribution in [2.75, 3.05) is 0 Å². The SMILES string of the molecule is Cc1ccc(O)c(CC(=O)c2ncc(C(=O)OC(C)(C)C)cc2C)c1.Cc1ccc2oc(-c3ncc(C(=O)OC(C)(C)C)cc3C)nc2c1. The number of oxazole rings is 1. The van der Waals surface area contributed by atoms with Crippen LogP contribution < -0.4 is 0 Å². The molecule has 3 heterocycles. The van der Waals surface area contributed by atoms with E-state index in [4.69, 9.17) is 13.9 Å². The fourth-order valence-electron chi connectivity index (χ4n) is 4.81. The minimum atomic E-state index is -0.595. The van der Waals surface area contributed by atoms with Crippen LogP contribution in [0.5, 0.6) is 5.75 Å². The molecule has 49 heavy (non-hydrogen) atoms. The summed E-state index contributed by atoms with van der Waals surface area (Å²) in [5, 5.41) is 9.89. The van der Waals surface area contributed by atoms with Crippen molar-refractivity contribution in [1.29, 1.82) is 0 Å². The predicted molar refractivity (Wildman–Crippen MR) is 187 cm³/mol. The number of nitrogens with zero attached hydrogens (tertiary/aromatic N) is 3. The molecule has 0 atom stereocenters. The molecule has 0 saturated heterocycles. The molecule has 0 radical (unpaired) electrons. The summed E-state index contributed by atoms with van der Waals surface area (Å²) < 4.78 is 16.5. The maximum atomic E-state index is 12.5. The number of benzene rings is 2. The van der Waals surface area contributed by atoms with Gasteiger partial charge in [0.05, 0.1) is 11.1 Å². The maximum Gasteiger partial charge on any atom is 0.340 e. The number of aromatic nitrogens is 3. The second kappa shape index (κ2) is 14.4. The zero-order valence-electron chi connectivity index (χ0n) is 29.7. The Bertz CT molecular complexity index is 2030. The van der Waals surface area contributed by atoms with Crippen molar-refractivity contribution >= 4 is 28.8 Å². The standard InChI is InChI=1S/C20H23NO4.C19H20N2O3/c1-12-6-7-16(22)14(8-12)10-17(23)18-13(2)9-15(11-21-18)19(24)25-20(3,4)5;1-11-6-7-15-14(8-11)21-17(23-15)16-12(2)9-13(10-20-16)18(22)24-19(3,4)5/h6-9,11,22H,10H2,1-5H3;6-10H,1-5H3. The molecule has 0 spiro atoms. The molecule has 0 amide bonds. The molecule has 0 fully saturated rings. The number of hydrogen-bond acceptors (Lipinski definition) is 10. The number of aryl methyl sites for hydroxylation is 4. The molecule has 0 bridgehead atoms. The first kappa shape index (κ1) is 36.5. The number of Topliss-reactive ketones (excluding diaryl/α,β-unsaturated/α-hetero) is 1. The van der Waals surface area contributed by atoms with Crippen molar-refractivity contribution in [3.05, 3.63) is 106 Å². The number of carbonyl (C=O) groups is 3. The summed E-state index contributed by atoms with van der Waals surface area (Å²) in [6.07, 6.45) is 2.90. The van der Waals surface area contributed by atoms with Crippen LogP contribution in [0.1, 0.15) is 101 Å². The van der Waals surface area contributed by atoms with Gasteiger partial charge in [-0.2, -0.15) is 0 Å². The summed E-state index contributed by atoms with van der Waals surface area (Å²) in [5.41, 5.74) is 6.05. The average molecular weight is 666 g/mol. The minimum Gasteiger partial charge on any atom is -0.508 e. The molecule has 10 heteroatoms. The summed E-state index contributed by atoms with van der Waals surface area (Å²) in [7, 11) is 0. The topological polar surface area (TPSA) is 142 Å². The molecule has 2 aromatic carbocycles. The van der Waals surface area contributed by atoms with Gasteiger partial charge in [-0.3, -0.25) is 9.78 Å². The highest BCUT2D eigenvalue weighted by atomic mass is 16.6. The molecule has 0 aliphatic rings. The molecular formula is C39H43N3O7. The van der Waals surface area contributed by atoms with E-state index in [2.05, 4.69) is 15.0 Å². The van der Waals surface area contributed by atoms with Crippen LogP contribution in [0.2, 0.25) is 0 Å². The van der Waals surface area contributed by atoms with Crippen molar-refractivity contribution in [2.45, 2.75) is 86.9 Å². The third kappa shape index (κ3) is 9.82. The van der Waals surface area contributed by atoms with E-state index >= 15 is 0 Å². The Kier molecular flexibility index (Phi) is 10.7. The number of rotatable bonds is 6. The van der Waals surface area contributed by atoms with Crippen LogP contribution in [-0.2, 0) is 15.9 Å². The number of esters is 2. The third-order valence-electron chi connectivity index (χ3n) is 7.02. The third-order valence-corrected chi connectivity index (χ3v) is 7.02.